The van der Waals surface area contributed by atoms with Crippen LogP contribution in [-0.4, -0.2) is 48.3 Å². The molecule has 0 amide bonds. The molecule has 6 heteroatoms. The molecule has 2 rings (SSSR count). The van der Waals surface area contributed by atoms with Gasteiger partial charge in [0.05, 0.1) is 42.3 Å². The van der Waals surface area contributed by atoms with Crippen molar-refractivity contribution in [2.45, 2.75) is 52.3 Å². The fourth-order valence-electron chi connectivity index (χ4n) is 2.68. The highest BCUT2D eigenvalue weighted by Crippen LogP contribution is 2.23. The maximum Gasteiger partial charge on any atom is 0.0965 e. The Hall–Kier alpha value is -0.620. The fraction of sp³-hybridized carbons (Fsp3) is 0.800. The SMILES string of the molecule is CCCNC(Cc1c(Cl)c(C)nn1CC)C1COCCO1. The van der Waals surface area contributed by atoms with Crippen molar-refractivity contribution in [2.24, 2.45) is 0 Å². The van der Waals surface area contributed by atoms with E-state index in [4.69, 9.17) is 21.1 Å². The Bertz CT molecular complexity index is 444. The molecule has 1 aromatic heterocycles. The molecule has 2 atom stereocenters. The average molecular weight is 316 g/mol. The summed E-state index contributed by atoms with van der Waals surface area (Å²) in [4.78, 5) is 0. The van der Waals surface area contributed by atoms with Gasteiger partial charge in [0.25, 0.3) is 0 Å². The van der Waals surface area contributed by atoms with Crippen molar-refractivity contribution >= 4 is 11.6 Å². The number of hydrogen-bond acceptors (Lipinski definition) is 4. The summed E-state index contributed by atoms with van der Waals surface area (Å²) in [5, 5.41) is 8.84. The van der Waals surface area contributed by atoms with Gasteiger partial charge in [-0.3, -0.25) is 4.68 Å². The Labute approximate surface area is 131 Å². The second kappa shape index (κ2) is 8.13. The van der Waals surface area contributed by atoms with Gasteiger partial charge in [0.1, 0.15) is 0 Å². The van der Waals surface area contributed by atoms with E-state index in [1.54, 1.807) is 0 Å². The Morgan fingerprint density at radius 2 is 2.24 bits per heavy atom. The molecule has 1 saturated heterocycles. The van der Waals surface area contributed by atoms with Crippen LogP contribution in [0.25, 0.3) is 0 Å². The van der Waals surface area contributed by atoms with E-state index in [2.05, 4.69) is 24.3 Å². The third kappa shape index (κ3) is 4.19. The summed E-state index contributed by atoms with van der Waals surface area (Å²) in [5.74, 6) is 0. The maximum absolute atomic E-state index is 6.43. The van der Waals surface area contributed by atoms with E-state index in [-0.39, 0.29) is 12.1 Å². The van der Waals surface area contributed by atoms with Crippen LogP contribution in [0.3, 0.4) is 0 Å². The fourth-order valence-corrected chi connectivity index (χ4v) is 2.89. The molecule has 0 aliphatic carbocycles. The molecule has 1 aromatic rings. The van der Waals surface area contributed by atoms with E-state index in [0.29, 0.717) is 19.8 Å². The maximum atomic E-state index is 6.43. The number of halogens is 1. The van der Waals surface area contributed by atoms with Crippen LogP contribution in [0, 0.1) is 6.92 Å². The molecule has 0 spiro atoms. The van der Waals surface area contributed by atoms with Crippen LogP contribution in [0.4, 0.5) is 0 Å². The van der Waals surface area contributed by atoms with Gasteiger partial charge in [-0.25, -0.2) is 0 Å². The molecule has 21 heavy (non-hydrogen) atoms. The lowest BCUT2D eigenvalue weighted by molar-refractivity contribution is -0.101. The zero-order chi connectivity index (χ0) is 15.2. The van der Waals surface area contributed by atoms with Crippen molar-refractivity contribution in [1.29, 1.82) is 0 Å². The summed E-state index contributed by atoms with van der Waals surface area (Å²) in [6.45, 7) is 9.97. The molecule has 1 aliphatic rings. The van der Waals surface area contributed by atoms with Crippen LogP contribution >= 0.6 is 11.6 Å². The Balaban J connectivity index is 2.13. The molecule has 1 N–H and O–H groups in total. The predicted molar refractivity (Wildman–Crippen MR) is 84.0 cm³/mol. The van der Waals surface area contributed by atoms with Crippen LogP contribution in [0.1, 0.15) is 31.7 Å². The van der Waals surface area contributed by atoms with E-state index >= 15 is 0 Å². The topological polar surface area (TPSA) is 48.3 Å². The molecule has 0 saturated carbocycles. The molecular weight excluding hydrogens is 290 g/mol. The Morgan fingerprint density at radius 1 is 1.43 bits per heavy atom. The minimum atomic E-state index is 0.0712. The average Bonchev–Trinajstić information content (AvgIpc) is 2.79. The minimum absolute atomic E-state index is 0.0712. The molecule has 2 heterocycles. The molecule has 5 nitrogen and oxygen atoms in total. The highest BCUT2D eigenvalue weighted by Gasteiger charge is 2.27. The van der Waals surface area contributed by atoms with Crippen LogP contribution in [0.2, 0.25) is 5.02 Å². The molecule has 0 aromatic carbocycles. The lowest BCUT2D eigenvalue weighted by Gasteiger charge is -2.31. The normalized spacial score (nSPS) is 20.7. The third-order valence-electron chi connectivity index (χ3n) is 3.81. The molecule has 120 valence electrons. The van der Waals surface area contributed by atoms with E-state index in [1.165, 1.54) is 0 Å². The van der Waals surface area contributed by atoms with Crippen molar-refractivity contribution in [3.63, 3.8) is 0 Å². The summed E-state index contributed by atoms with van der Waals surface area (Å²) < 4.78 is 13.4. The van der Waals surface area contributed by atoms with Gasteiger partial charge in [-0.2, -0.15) is 5.10 Å². The van der Waals surface area contributed by atoms with Crippen LogP contribution < -0.4 is 5.32 Å². The second-order valence-corrected chi connectivity index (χ2v) is 5.79. The first-order valence-electron chi connectivity index (χ1n) is 7.81. The second-order valence-electron chi connectivity index (χ2n) is 5.41. The zero-order valence-electron chi connectivity index (χ0n) is 13.2. The number of hydrogen-bond donors (Lipinski definition) is 1. The molecule has 1 fully saturated rings. The van der Waals surface area contributed by atoms with Crippen LogP contribution in [0.15, 0.2) is 0 Å². The van der Waals surface area contributed by atoms with Crippen molar-refractivity contribution in [1.82, 2.24) is 15.1 Å². The first-order valence-corrected chi connectivity index (χ1v) is 8.19. The van der Waals surface area contributed by atoms with Gasteiger partial charge in [0, 0.05) is 19.0 Å². The van der Waals surface area contributed by atoms with Crippen LogP contribution in [0.5, 0.6) is 0 Å². The highest BCUT2D eigenvalue weighted by molar-refractivity contribution is 6.31. The monoisotopic (exact) mass is 315 g/mol. The summed E-state index contributed by atoms with van der Waals surface area (Å²) in [6.07, 6.45) is 1.97. The summed E-state index contributed by atoms with van der Waals surface area (Å²) >= 11 is 6.43. The quantitative estimate of drug-likeness (QED) is 0.838. The lowest BCUT2D eigenvalue weighted by atomic mass is 10.0. The van der Waals surface area contributed by atoms with Crippen LogP contribution in [-0.2, 0) is 22.4 Å². The molecule has 1 aliphatic heterocycles. The highest BCUT2D eigenvalue weighted by atomic mass is 35.5. The van der Waals surface area contributed by atoms with Crippen molar-refractivity contribution < 1.29 is 9.47 Å². The van der Waals surface area contributed by atoms with Crippen molar-refractivity contribution in [3.05, 3.63) is 16.4 Å². The first-order chi connectivity index (χ1) is 10.2. The van der Waals surface area contributed by atoms with E-state index < -0.39 is 0 Å². The summed E-state index contributed by atoms with van der Waals surface area (Å²) in [5.41, 5.74) is 1.98. The summed E-state index contributed by atoms with van der Waals surface area (Å²) in [7, 11) is 0. The number of nitrogens with one attached hydrogen (secondary N) is 1. The third-order valence-corrected chi connectivity index (χ3v) is 4.30. The molecular formula is C15H26ClN3O2. The summed E-state index contributed by atoms with van der Waals surface area (Å²) in [6, 6.07) is 0.198. The van der Waals surface area contributed by atoms with Gasteiger partial charge < -0.3 is 14.8 Å². The number of aromatic nitrogens is 2. The standard InChI is InChI=1S/C15H26ClN3O2/c1-4-6-17-12(14-10-20-7-8-21-14)9-13-15(16)11(3)18-19(13)5-2/h12,14,17H,4-10H2,1-3H3. The molecule has 0 radical (unpaired) electrons. The molecule has 0 bridgehead atoms. The van der Waals surface area contributed by atoms with Gasteiger partial charge in [0.15, 0.2) is 0 Å². The molecule has 2 unspecified atom stereocenters. The van der Waals surface area contributed by atoms with Crippen molar-refractivity contribution in [3.8, 4) is 0 Å². The predicted octanol–water partition coefficient (Wildman–Crippen LogP) is 2.19. The Kier molecular flexibility index (Phi) is 6.48. The van der Waals surface area contributed by atoms with Gasteiger partial charge in [0.2, 0.25) is 0 Å². The van der Waals surface area contributed by atoms with Gasteiger partial charge >= 0.3 is 0 Å². The zero-order valence-corrected chi connectivity index (χ0v) is 13.9. The van der Waals surface area contributed by atoms with E-state index in [0.717, 1.165) is 42.3 Å². The van der Waals surface area contributed by atoms with E-state index in [9.17, 15) is 0 Å². The van der Waals surface area contributed by atoms with Gasteiger partial charge in [-0.15, -0.1) is 0 Å². The lowest BCUT2D eigenvalue weighted by Crippen LogP contribution is -2.48. The smallest absolute Gasteiger partial charge is 0.0965 e. The number of aryl methyl sites for hydroxylation is 2. The van der Waals surface area contributed by atoms with Gasteiger partial charge in [-0.1, -0.05) is 18.5 Å². The number of rotatable bonds is 7. The van der Waals surface area contributed by atoms with Gasteiger partial charge in [-0.05, 0) is 26.8 Å². The number of ether oxygens (including phenoxy) is 2. The van der Waals surface area contributed by atoms with E-state index in [1.807, 2.05) is 11.6 Å². The first kappa shape index (κ1) is 16.7. The Morgan fingerprint density at radius 3 is 2.86 bits per heavy atom. The minimum Gasteiger partial charge on any atom is -0.376 e. The largest absolute Gasteiger partial charge is 0.376 e. The number of nitrogens with zero attached hydrogens (tertiary/aromatic N) is 2. The van der Waals surface area contributed by atoms with Crippen molar-refractivity contribution in [2.75, 3.05) is 26.4 Å².